The number of rotatable bonds is 3. The summed E-state index contributed by atoms with van der Waals surface area (Å²) in [6.07, 6.45) is 0. The summed E-state index contributed by atoms with van der Waals surface area (Å²) in [6, 6.07) is 8.34. The van der Waals surface area contributed by atoms with E-state index in [2.05, 4.69) is 0 Å². The van der Waals surface area contributed by atoms with Crippen molar-refractivity contribution >= 4 is 23.4 Å². The third kappa shape index (κ3) is 3.36. The smallest absolute Gasteiger partial charge is 0.288 e. The minimum absolute atomic E-state index is 0.112. The van der Waals surface area contributed by atoms with Crippen LogP contribution < -0.4 is 0 Å². The Balaban J connectivity index is 2.34. The monoisotopic (exact) mass is 304 g/mol. The zero-order valence-corrected chi connectivity index (χ0v) is 11.0. The van der Waals surface area contributed by atoms with Gasteiger partial charge in [0.25, 0.3) is 5.76 Å². The van der Waals surface area contributed by atoms with Crippen molar-refractivity contribution in [1.29, 1.82) is 0 Å². The van der Waals surface area contributed by atoms with Crippen molar-refractivity contribution in [2.75, 3.05) is 0 Å². The first kappa shape index (κ1) is 14.1. The molecule has 0 aromatic heterocycles. The van der Waals surface area contributed by atoms with Crippen molar-refractivity contribution in [3.8, 4) is 16.9 Å². The minimum Gasteiger partial charge on any atom is -0.507 e. The van der Waals surface area contributed by atoms with Crippen LogP contribution >= 0.6 is 23.4 Å². The van der Waals surface area contributed by atoms with Gasteiger partial charge >= 0.3 is 0 Å². The van der Waals surface area contributed by atoms with Gasteiger partial charge in [-0.15, -0.1) is 0 Å². The fourth-order valence-corrected chi connectivity index (χ4v) is 2.25. The molecule has 0 saturated heterocycles. The molecular weight excluding hydrogens is 297 g/mol. The minimum atomic E-state index is -2.49. The normalized spacial score (nSPS) is 11.0. The lowest BCUT2D eigenvalue weighted by atomic mass is 10.0. The first-order valence-electron chi connectivity index (χ1n) is 5.20. The van der Waals surface area contributed by atoms with E-state index in [1.165, 1.54) is 18.2 Å². The van der Waals surface area contributed by atoms with Gasteiger partial charge in [0.1, 0.15) is 11.6 Å². The van der Waals surface area contributed by atoms with Gasteiger partial charge in [0, 0.05) is 16.5 Å². The van der Waals surface area contributed by atoms with E-state index in [4.69, 9.17) is 11.6 Å². The molecule has 0 bridgehead atoms. The number of halogens is 4. The van der Waals surface area contributed by atoms with Gasteiger partial charge in [-0.05, 0) is 23.8 Å². The second-order valence-electron chi connectivity index (χ2n) is 3.69. The average molecular weight is 305 g/mol. The lowest BCUT2D eigenvalue weighted by Gasteiger charge is -2.07. The Morgan fingerprint density at radius 1 is 1.11 bits per heavy atom. The van der Waals surface area contributed by atoms with E-state index in [0.717, 1.165) is 6.07 Å². The van der Waals surface area contributed by atoms with E-state index in [1.54, 1.807) is 12.1 Å². The Bertz CT molecular complexity index is 587. The number of alkyl halides is 2. The lowest BCUT2D eigenvalue weighted by molar-refractivity contribution is 0.252. The fraction of sp³-hybridized carbons (Fsp3) is 0.0769. The van der Waals surface area contributed by atoms with Crippen LogP contribution in [0.1, 0.15) is 0 Å². The molecule has 19 heavy (non-hydrogen) atoms. The number of hydrogen-bond donors (Lipinski definition) is 1. The number of benzene rings is 2. The highest BCUT2D eigenvalue weighted by Gasteiger charge is 2.10. The largest absolute Gasteiger partial charge is 0.507 e. The highest BCUT2D eigenvalue weighted by molar-refractivity contribution is 7.99. The molecule has 0 spiro atoms. The zero-order chi connectivity index (χ0) is 14.0. The lowest BCUT2D eigenvalue weighted by Crippen LogP contribution is -1.85. The van der Waals surface area contributed by atoms with E-state index in [0.29, 0.717) is 27.8 Å². The van der Waals surface area contributed by atoms with Gasteiger partial charge in [-0.25, -0.2) is 4.39 Å². The number of phenolic OH excluding ortho intramolecular Hbond substituents is 1. The SMILES string of the molecule is Oc1cc(F)c(Cl)cc1-c1ccc(SC(F)F)cc1. The summed E-state index contributed by atoms with van der Waals surface area (Å²) < 4.78 is 37.4. The number of thioether (sulfide) groups is 1. The van der Waals surface area contributed by atoms with Gasteiger partial charge in [0.2, 0.25) is 0 Å². The van der Waals surface area contributed by atoms with Crippen molar-refractivity contribution in [3.05, 3.63) is 47.2 Å². The van der Waals surface area contributed by atoms with Gasteiger partial charge in [-0.1, -0.05) is 35.5 Å². The van der Waals surface area contributed by atoms with Crippen molar-refractivity contribution in [2.45, 2.75) is 10.7 Å². The van der Waals surface area contributed by atoms with Gasteiger partial charge in [0.05, 0.1) is 5.02 Å². The third-order valence-corrected chi connectivity index (χ3v) is 3.44. The Morgan fingerprint density at radius 3 is 2.32 bits per heavy atom. The molecular formula is C13H8ClF3OS. The predicted octanol–water partition coefficient (Wildman–Crippen LogP) is 5.17. The van der Waals surface area contributed by atoms with Crippen LogP contribution in [-0.4, -0.2) is 10.9 Å². The second kappa shape index (κ2) is 5.75. The van der Waals surface area contributed by atoms with Crippen LogP contribution in [0.25, 0.3) is 11.1 Å². The van der Waals surface area contributed by atoms with Crippen LogP contribution in [0, 0.1) is 5.82 Å². The van der Waals surface area contributed by atoms with E-state index >= 15 is 0 Å². The van der Waals surface area contributed by atoms with Crippen LogP contribution in [0.15, 0.2) is 41.3 Å². The standard InChI is InChI=1S/C13H8ClF3OS/c14-10-5-9(12(18)6-11(10)15)7-1-3-8(4-2-7)19-13(16)17/h1-6,13,18H. The average Bonchev–Trinajstić information content (AvgIpc) is 2.34. The number of hydrogen-bond acceptors (Lipinski definition) is 2. The Labute approximate surface area is 117 Å². The molecule has 0 aliphatic carbocycles. The zero-order valence-electron chi connectivity index (χ0n) is 9.41. The molecule has 2 aromatic rings. The molecule has 6 heteroatoms. The molecule has 0 radical (unpaired) electrons. The van der Waals surface area contributed by atoms with Crippen LogP contribution in [0.5, 0.6) is 5.75 Å². The van der Waals surface area contributed by atoms with Crippen LogP contribution in [0.3, 0.4) is 0 Å². The summed E-state index contributed by atoms with van der Waals surface area (Å²) in [4.78, 5) is 0.409. The molecule has 2 rings (SSSR count). The van der Waals surface area contributed by atoms with Crippen molar-refractivity contribution < 1.29 is 18.3 Å². The Morgan fingerprint density at radius 2 is 1.74 bits per heavy atom. The first-order valence-corrected chi connectivity index (χ1v) is 6.46. The number of phenols is 1. The fourth-order valence-electron chi connectivity index (χ4n) is 1.58. The molecule has 0 amide bonds. The van der Waals surface area contributed by atoms with Gasteiger partial charge in [0.15, 0.2) is 0 Å². The molecule has 1 N–H and O–H groups in total. The summed E-state index contributed by atoms with van der Waals surface area (Å²) in [7, 11) is 0. The molecule has 2 aromatic carbocycles. The molecule has 0 heterocycles. The highest BCUT2D eigenvalue weighted by atomic mass is 35.5. The summed E-state index contributed by atoms with van der Waals surface area (Å²) in [5.74, 6) is -3.46. The van der Waals surface area contributed by atoms with Crippen LogP contribution in [0.4, 0.5) is 13.2 Å². The Hall–Kier alpha value is -1.33. The van der Waals surface area contributed by atoms with Crippen molar-refractivity contribution in [3.63, 3.8) is 0 Å². The maximum atomic E-state index is 13.1. The first-order chi connectivity index (χ1) is 8.97. The molecule has 1 nitrogen and oxygen atoms in total. The second-order valence-corrected chi connectivity index (χ2v) is 5.16. The summed E-state index contributed by atoms with van der Waals surface area (Å²) in [5.41, 5.74) is 0.915. The van der Waals surface area contributed by atoms with Gasteiger partial charge in [-0.3, -0.25) is 0 Å². The van der Waals surface area contributed by atoms with E-state index in [-0.39, 0.29) is 10.8 Å². The summed E-state index contributed by atoms with van der Waals surface area (Å²) >= 11 is 6.08. The van der Waals surface area contributed by atoms with E-state index in [1.807, 2.05) is 0 Å². The van der Waals surface area contributed by atoms with Gasteiger partial charge in [-0.2, -0.15) is 8.78 Å². The van der Waals surface area contributed by atoms with Crippen molar-refractivity contribution in [2.24, 2.45) is 0 Å². The molecule has 100 valence electrons. The summed E-state index contributed by atoms with van der Waals surface area (Å²) in [5, 5.41) is 9.55. The van der Waals surface area contributed by atoms with Gasteiger partial charge < -0.3 is 5.11 Å². The maximum absolute atomic E-state index is 13.1. The molecule has 0 aliphatic rings. The van der Waals surface area contributed by atoms with Crippen molar-refractivity contribution in [1.82, 2.24) is 0 Å². The topological polar surface area (TPSA) is 20.2 Å². The third-order valence-electron chi connectivity index (χ3n) is 2.43. The number of aromatic hydroxyl groups is 1. The van der Waals surface area contributed by atoms with Crippen LogP contribution in [0.2, 0.25) is 5.02 Å². The highest BCUT2D eigenvalue weighted by Crippen LogP contribution is 2.35. The van der Waals surface area contributed by atoms with Crippen LogP contribution in [-0.2, 0) is 0 Å². The molecule has 0 aliphatic heterocycles. The predicted molar refractivity (Wildman–Crippen MR) is 70.4 cm³/mol. The maximum Gasteiger partial charge on any atom is 0.288 e. The summed E-state index contributed by atoms with van der Waals surface area (Å²) in [6.45, 7) is 0. The Kier molecular flexibility index (Phi) is 4.27. The molecule has 0 atom stereocenters. The van der Waals surface area contributed by atoms with E-state index < -0.39 is 11.6 Å². The van der Waals surface area contributed by atoms with E-state index in [9.17, 15) is 18.3 Å². The molecule has 0 fully saturated rings. The quantitative estimate of drug-likeness (QED) is 0.790. The molecule has 0 saturated carbocycles. The molecule has 0 unspecified atom stereocenters.